The Kier molecular flexibility index (Phi) is 5.31. The molecule has 10 heteroatoms. The van der Waals surface area contributed by atoms with Crippen LogP contribution in [-0.4, -0.2) is 12.2 Å². The lowest BCUT2D eigenvalue weighted by molar-refractivity contribution is -0.138. The Hall–Kier alpha value is -2.62. The molecule has 0 amide bonds. The smallest absolute Gasteiger partial charge is 0.416 e. The fourth-order valence-corrected chi connectivity index (χ4v) is 2.00. The number of halogens is 5. The molecule has 0 heterocycles. The Morgan fingerprint density at radius 3 is 2.20 bits per heavy atom. The molecule has 0 aromatic heterocycles. The summed E-state index contributed by atoms with van der Waals surface area (Å²) in [5.41, 5.74) is 4.01. The zero-order valence-corrected chi connectivity index (χ0v) is 13.4. The second-order valence-corrected chi connectivity index (χ2v) is 5.16. The molecule has 0 aliphatic heterocycles. The number of anilines is 1. The number of nitrogens with one attached hydrogen (secondary N) is 1. The summed E-state index contributed by atoms with van der Waals surface area (Å²) >= 11 is 4.69. The predicted molar refractivity (Wildman–Crippen MR) is 84.8 cm³/mol. The lowest BCUT2D eigenvalue weighted by Gasteiger charge is -2.15. The van der Waals surface area contributed by atoms with Crippen LogP contribution in [0, 0.1) is 11.6 Å². The van der Waals surface area contributed by atoms with Gasteiger partial charge in [0.25, 0.3) is 0 Å². The largest absolute Gasteiger partial charge is 0.497 e. The third-order valence-corrected chi connectivity index (χ3v) is 3.08. The molecule has 2 rings (SSSR count). The number of thiocarbonyl (C=S) groups is 1. The van der Waals surface area contributed by atoms with E-state index in [4.69, 9.17) is 15.2 Å². The number of methoxy groups -OCH3 is 1. The molecular formula is C15H11F5N2O2S. The van der Waals surface area contributed by atoms with Crippen LogP contribution in [0.3, 0.4) is 0 Å². The highest BCUT2D eigenvalue weighted by atomic mass is 32.1. The van der Waals surface area contributed by atoms with Crippen molar-refractivity contribution in [3.8, 4) is 17.2 Å². The van der Waals surface area contributed by atoms with Crippen LogP contribution < -0.4 is 20.5 Å². The van der Waals surface area contributed by atoms with Crippen LogP contribution in [0.5, 0.6) is 17.2 Å². The third kappa shape index (κ3) is 4.47. The highest BCUT2D eigenvalue weighted by molar-refractivity contribution is 7.80. The molecule has 4 nitrogen and oxygen atoms in total. The van der Waals surface area contributed by atoms with Crippen molar-refractivity contribution in [2.24, 2.45) is 5.73 Å². The molecule has 0 bridgehead atoms. The Morgan fingerprint density at radius 2 is 1.72 bits per heavy atom. The van der Waals surface area contributed by atoms with E-state index in [-0.39, 0.29) is 28.7 Å². The maximum atomic E-state index is 13.9. The lowest BCUT2D eigenvalue weighted by Crippen LogP contribution is -2.19. The summed E-state index contributed by atoms with van der Waals surface area (Å²) in [6, 6.07) is 4.37. The van der Waals surface area contributed by atoms with Crippen molar-refractivity contribution in [1.82, 2.24) is 0 Å². The summed E-state index contributed by atoms with van der Waals surface area (Å²) in [6.07, 6.45) is -4.89. The van der Waals surface area contributed by atoms with Gasteiger partial charge in [0, 0.05) is 6.07 Å². The average molecular weight is 378 g/mol. The number of alkyl halides is 3. The van der Waals surface area contributed by atoms with Gasteiger partial charge >= 0.3 is 6.18 Å². The zero-order valence-electron chi connectivity index (χ0n) is 12.6. The molecule has 0 aliphatic carbocycles. The van der Waals surface area contributed by atoms with Gasteiger partial charge in [-0.05, 0) is 36.5 Å². The van der Waals surface area contributed by atoms with E-state index in [1.807, 2.05) is 0 Å². The molecule has 0 radical (unpaired) electrons. The van der Waals surface area contributed by atoms with Gasteiger partial charge in [-0.3, -0.25) is 0 Å². The molecule has 0 atom stereocenters. The highest BCUT2D eigenvalue weighted by Gasteiger charge is 2.33. The van der Waals surface area contributed by atoms with Crippen LogP contribution >= 0.6 is 12.2 Å². The molecule has 25 heavy (non-hydrogen) atoms. The predicted octanol–water partition coefficient (Wildman–Crippen LogP) is 4.44. The van der Waals surface area contributed by atoms with E-state index in [1.54, 1.807) is 0 Å². The van der Waals surface area contributed by atoms with Crippen molar-refractivity contribution in [3.05, 3.63) is 47.5 Å². The molecule has 134 valence electrons. The number of hydrogen-bond donors (Lipinski definition) is 2. The zero-order chi connectivity index (χ0) is 18.8. The highest BCUT2D eigenvalue weighted by Crippen LogP contribution is 2.38. The van der Waals surface area contributed by atoms with Gasteiger partial charge in [0.2, 0.25) is 0 Å². The first-order valence-corrected chi connectivity index (χ1v) is 7.01. The lowest BCUT2D eigenvalue weighted by atomic mass is 10.2. The van der Waals surface area contributed by atoms with E-state index < -0.39 is 29.1 Å². The molecule has 2 aromatic carbocycles. The molecule has 3 N–H and O–H groups in total. The Labute approximate surface area is 144 Å². The summed E-state index contributed by atoms with van der Waals surface area (Å²) in [6.45, 7) is 0. The Balaban J connectivity index is 2.44. The molecule has 2 aromatic rings. The van der Waals surface area contributed by atoms with Crippen LogP contribution in [-0.2, 0) is 6.18 Å². The van der Waals surface area contributed by atoms with Gasteiger partial charge < -0.3 is 20.5 Å². The second kappa shape index (κ2) is 7.09. The van der Waals surface area contributed by atoms with E-state index in [0.717, 1.165) is 0 Å². The topological polar surface area (TPSA) is 56.5 Å². The first-order chi connectivity index (χ1) is 11.6. The monoisotopic (exact) mass is 378 g/mol. The van der Waals surface area contributed by atoms with Gasteiger partial charge in [-0.1, -0.05) is 0 Å². The van der Waals surface area contributed by atoms with E-state index in [9.17, 15) is 22.0 Å². The Bertz CT molecular complexity index is 788. The average Bonchev–Trinajstić information content (AvgIpc) is 2.50. The van der Waals surface area contributed by atoms with Crippen molar-refractivity contribution in [3.63, 3.8) is 0 Å². The number of rotatable bonds is 4. The molecule has 0 spiro atoms. The quantitative estimate of drug-likeness (QED) is 0.609. The first-order valence-electron chi connectivity index (χ1n) is 6.60. The van der Waals surface area contributed by atoms with Gasteiger partial charge in [0.05, 0.1) is 18.4 Å². The van der Waals surface area contributed by atoms with Crippen LogP contribution in [0.1, 0.15) is 5.56 Å². The van der Waals surface area contributed by atoms with E-state index in [2.05, 4.69) is 17.5 Å². The van der Waals surface area contributed by atoms with Crippen molar-refractivity contribution in [1.29, 1.82) is 0 Å². The van der Waals surface area contributed by atoms with Gasteiger partial charge in [-0.15, -0.1) is 0 Å². The molecule has 0 aliphatic rings. The van der Waals surface area contributed by atoms with Gasteiger partial charge in [0.1, 0.15) is 5.75 Å². The van der Waals surface area contributed by atoms with Crippen molar-refractivity contribution in [2.75, 3.05) is 12.4 Å². The van der Waals surface area contributed by atoms with Crippen LogP contribution in [0.15, 0.2) is 30.3 Å². The van der Waals surface area contributed by atoms with Crippen LogP contribution in [0.2, 0.25) is 0 Å². The number of benzene rings is 2. The minimum Gasteiger partial charge on any atom is -0.497 e. The van der Waals surface area contributed by atoms with Gasteiger partial charge in [-0.25, -0.2) is 8.78 Å². The van der Waals surface area contributed by atoms with Gasteiger partial charge in [-0.2, -0.15) is 13.2 Å². The fourth-order valence-electron chi connectivity index (χ4n) is 1.89. The minimum absolute atomic E-state index is 0.116. The van der Waals surface area contributed by atoms with Crippen LogP contribution in [0.4, 0.5) is 27.6 Å². The molecule has 0 unspecified atom stereocenters. The normalized spacial score (nSPS) is 11.1. The maximum absolute atomic E-state index is 13.9. The van der Waals surface area contributed by atoms with Crippen LogP contribution in [0.25, 0.3) is 0 Å². The first kappa shape index (κ1) is 18.7. The standard InChI is InChI=1S/C15H11F5N2O2S/c1-23-8-2-3-12(11(6-8)22-14(21)25)24-13-9(16)4-7(5-10(13)17)15(18,19)20/h2-6H,1H3,(H3,21,22,25). The van der Waals surface area contributed by atoms with Gasteiger partial charge in [0.15, 0.2) is 28.2 Å². The number of nitrogens with two attached hydrogens (primary N) is 1. The third-order valence-electron chi connectivity index (χ3n) is 2.98. The number of ether oxygens (including phenoxy) is 2. The van der Waals surface area contributed by atoms with E-state index in [1.165, 1.54) is 25.3 Å². The summed E-state index contributed by atoms with van der Waals surface area (Å²) < 4.78 is 75.6. The molecule has 0 saturated carbocycles. The number of hydrogen-bond acceptors (Lipinski definition) is 3. The van der Waals surface area contributed by atoms with E-state index in [0.29, 0.717) is 5.75 Å². The van der Waals surface area contributed by atoms with Crippen molar-refractivity contribution < 1.29 is 31.4 Å². The minimum atomic E-state index is -4.89. The fraction of sp³-hybridized carbons (Fsp3) is 0.133. The SMILES string of the molecule is COc1ccc(Oc2c(F)cc(C(F)(F)F)cc2F)c(NC(N)=S)c1. The maximum Gasteiger partial charge on any atom is 0.416 e. The summed E-state index contributed by atoms with van der Waals surface area (Å²) in [7, 11) is 1.38. The van der Waals surface area contributed by atoms with Crippen molar-refractivity contribution in [2.45, 2.75) is 6.18 Å². The van der Waals surface area contributed by atoms with Crippen molar-refractivity contribution >= 4 is 23.0 Å². The summed E-state index contributed by atoms with van der Waals surface area (Å²) in [4.78, 5) is 0. The van der Waals surface area contributed by atoms with E-state index >= 15 is 0 Å². The summed E-state index contributed by atoms with van der Waals surface area (Å²) in [5.74, 6) is -3.77. The second-order valence-electron chi connectivity index (χ2n) is 4.72. The molecule has 0 fully saturated rings. The summed E-state index contributed by atoms with van der Waals surface area (Å²) in [5, 5.41) is 2.36. The Morgan fingerprint density at radius 1 is 1.12 bits per heavy atom. The molecular weight excluding hydrogens is 367 g/mol. The molecule has 0 saturated heterocycles.